The van der Waals surface area contributed by atoms with Crippen LogP contribution in [0.15, 0.2) is 78.9 Å². The van der Waals surface area contributed by atoms with Crippen LogP contribution in [-0.4, -0.2) is 8.07 Å². The first kappa shape index (κ1) is 32.8. The predicted molar refractivity (Wildman–Crippen MR) is 134 cm³/mol. The van der Waals surface area contributed by atoms with E-state index in [1.54, 1.807) is 5.19 Å². The van der Waals surface area contributed by atoms with Crippen LogP contribution in [0.2, 0.25) is 0 Å². The van der Waals surface area contributed by atoms with E-state index in [4.69, 9.17) is 0 Å². The summed E-state index contributed by atoms with van der Waals surface area (Å²) in [7, 11) is -2.48. The van der Waals surface area contributed by atoms with Gasteiger partial charge in [-0.05, 0) is 25.0 Å². The van der Waals surface area contributed by atoms with Crippen LogP contribution in [0.4, 0.5) is 0 Å². The van der Waals surface area contributed by atoms with E-state index in [1.165, 1.54) is 48.9 Å². The van der Waals surface area contributed by atoms with Crippen LogP contribution >= 0.6 is 0 Å². The Bertz CT molecular complexity index is 1140. The molecule has 0 N–H and O–H groups in total. The van der Waals surface area contributed by atoms with Gasteiger partial charge in [-0.15, -0.1) is 5.19 Å². The van der Waals surface area contributed by atoms with Crippen LogP contribution in [-0.2, 0) is 21.7 Å². The van der Waals surface area contributed by atoms with E-state index in [0.29, 0.717) is 0 Å². The van der Waals surface area contributed by atoms with E-state index < -0.39 is 8.07 Å². The predicted octanol–water partition coefficient (Wildman–Crippen LogP) is -4.36. The van der Waals surface area contributed by atoms with Crippen LogP contribution < -0.4 is 58.0 Å². The summed E-state index contributed by atoms with van der Waals surface area (Å²) in [6.07, 6.45) is 0. The van der Waals surface area contributed by atoms with Gasteiger partial charge < -0.3 is 37.2 Å². The fraction of sp³-hybridized carbons (Fsp3) is 0.207. The van der Waals surface area contributed by atoms with Crippen molar-refractivity contribution in [2.75, 3.05) is 0 Å². The topological polar surface area (TPSA) is 0 Å². The molecule has 0 unspecified atom stereocenters. The standard InChI is InChI=1S/C29H31Si.3ClH.Ti/c1-20-14-13-19-28(21(20)2)30(26-15-9-7-10-16-26,27-17-11-8-12-18-27)29-24(5)22(3)23(4)25(29)6;;;;/h7-19H,1-6H3;3*1H;/q-1;;;;+4/p-3. The average molecular weight is 562 g/mol. The fourth-order valence-corrected chi connectivity index (χ4v) is 11.0. The van der Waals surface area contributed by atoms with Crippen molar-refractivity contribution in [1.82, 2.24) is 0 Å². The van der Waals surface area contributed by atoms with E-state index in [-0.39, 0.29) is 58.9 Å². The van der Waals surface area contributed by atoms with Gasteiger partial charge in [0.25, 0.3) is 0 Å². The van der Waals surface area contributed by atoms with Crippen LogP contribution in [0.25, 0.3) is 0 Å². The summed E-state index contributed by atoms with van der Waals surface area (Å²) in [6, 6.07) is 29.4. The zero-order chi connectivity index (χ0) is 21.5. The number of hydrogen-bond acceptors (Lipinski definition) is 0. The van der Waals surface area contributed by atoms with Gasteiger partial charge in [-0.2, -0.15) is 22.3 Å². The summed E-state index contributed by atoms with van der Waals surface area (Å²) >= 11 is 0. The third-order valence-electron chi connectivity index (χ3n) is 7.23. The Balaban J connectivity index is 0.00000272. The van der Waals surface area contributed by atoms with Gasteiger partial charge in [0.2, 0.25) is 0 Å². The zero-order valence-electron chi connectivity index (χ0n) is 20.6. The van der Waals surface area contributed by atoms with Crippen molar-refractivity contribution >= 4 is 28.8 Å². The van der Waals surface area contributed by atoms with Gasteiger partial charge in [-0.1, -0.05) is 122 Å². The molecular formula is C29H31Cl3SiTi. The first-order valence-corrected chi connectivity index (χ1v) is 12.8. The summed E-state index contributed by atoms with van der Waals surface area (Å²) in [5.74, 6) is 0. The number of halogens is 3. The van der Waals surface area contributed by atoms with Gasteiger partial charge in [0.1, 0.15) is 8.07 Å². The molecular weight excluding hydrogens is 531 g/mol. The van der Waals surface area contributed by atoms with Crippen molar-refractivity contribution in [1.29, 1.82) is 0 Å². The van der Waals surface area contributed by atoms with Crippen molar-refractivity contribution in [3.63, 3.8) is 0 Å². The van der Waals surface area contributed by atoms with Crippen molar-refractivity contribution in [3.8, 4) is 0 Å². The SMILES string of the molecule is Cc1cccc([Si](c2ccccc2)(c2ccccc2)[c-]2c(C)c(C)c(C)c2C)c1C.[Cl-].[Cl-].[Cl-].[Ti+4]. The van der Waals surface area contributed by atoms with Crippen molar-refractivity contribution in [3.05, 3.63) is 112 Å². The Hall–Kier alpha value is -1.19. The van der Waals surface area contributed by atoms with Gasteiger partial charge in [0, 0.05) is 0 Å². The Kier molecular flexibility index (Phi) is 12.7. The molecule has 0 aromatic heterocycles. The first-order chi connectivity index (χ1) is 14.4. The summed E-state index contributed by atoms with van der Waals surface area (Å²) in [4.78, 5) is 0. The second kappa shape index (κ2) is 13.2. The second-order valence-corrected chi connectivity index (χ2v) is 12.3. The smallest absolute Gasteiger partial charge is 1.00 e. The zero-order valence-corrected chi connectivity index (χ0v) is 25.5. The van der Waals surface area contributed by atoms with Crippen molar-refractivity contribution < 1.29 is 58.9 Å². The molecule has 0 heterocycles. The molecule has 0 fully saturated rings. The van der Waals surface area contributed by atoms with Gasteiger partial charge in [0.15, 0.2) is 0 Å². The molecule has 0 aliphatic heterocycles. The number of benzene rings is 3. The maximum Gasteiger partial charge on any atom is 4.00 e. The minimum atomic E-state index is -2.48. The Morgan fingerprint density at radius 2 is 0.912 bits per heavy atom. The molecule has 4 aromatic carbocycles. The van der Waals surface area contributed by atoms with Gasteiger partial charge >= 0.3 is 21.7 Å². The van der Waals surface area contributed by atoms with Crippen LogP contribution in [0.3, 0.4) is 0 Å². The van der Waals surface area contributed by atoms with Gasteiger partial charge in [-0.3, -0.25) is 0 Å². The first-order valence-electron chi connectivity index (χ1n) is 10.8. The molecule has 0 atom stereocenters. The number of hydrogen-bond donors (Lipinski definition) is 0. The van der Waals surface area contributed by atoms with Crippen LogP contribution in [0.5, 0.6) is 0 Å². The molecule has 0 bridgehead atoms. The fourth-order valence-electron chi connectivity index (χ4n) is 5.22. The normalized spacial score (nSPS) is 10.3. The summed E-state index contributed by atoms with van der Waals surface area (Å²) in [6.45, 7) is 13.8. The minimum Gasteiger partial charge on any atom is -1.00 e. The third kappa shape index (κ3) is 5.16. The van der Waals surface area contributed by atoms with Gasteiger partial charge in [-0.25, -0.2) is 0 Å². The molecule has 34 heavy (non-hydrogen) atoms. The minimum absolute atomic E-state index is 0. The maximum absolute atomic E-state index is 2.48. The Labute approximate surface area is 240 Å². The van der Waals surface area contributed by atoms with E-state index in [9.17, 15) is 0 Å². The van der Waals surface area contributed by atoms with E-state index in [0.717, 1.165) is 0 Å². The maximum atomic E-state index is 2.39. The van der Waals surface area contributed by atoms with Gasteiger partial charge in [0.05, 0.1) is 0 Å². The molecule has 0 saturated heterocycles. The molecule has 0 amide bonds. The Morgan fingerprint density at radius 3 is 1.32 bits per heavy atom. The van der Waals surface area contributed by atoms with Crippen LogP contribution in [0, 0.1) is 41.5 Å². The molecule has 176 valence electrons. The Morgan fingerprint density at radius 1 is 0.500 bits per heavy atom. The average Bonchev–Trinajstić information content (AvgIpc) is 2.97. The van der Waals surface area contributed by atoms with E-state index >= 15 is 0 Å². The van der Waals surface area contributed by atoms with Crippen molar-refractivity contribution in [2.45, 2.75) is 41.5 Å². The monoisotopic (exact) mass is 560 g/mol. The molecule has 0 nitrogen and oxygen atoms in total. The third-order valence-corrected chi connectivity index (χ3v) is 12.5. The molecule has 0 spiro atoms. The molecule has 0 aliphatic carbocycles. The molecule has 4 rings (SSSR count). The summed E-state index contributed by atoms with van der Waals surface area (Å²) < 4.78 is 0. The summed E-state index contributed by atoms with van der Waals surface area (Å²) in [5.41, 5.74) is 8.60. The van der Waals surface area contributed by atoms with E-state index in [2.05, 4.69) is 120 Å². The number of rotatable bonds is 4. The molecule has 0 saturated carbocycles. The second-order valence-electron chi connectivity index (χ2n) is 8.60. The summed E-state index contributed by atoms with van der Waals surface area (Å²) in [5, 5.41) is 6.00. The molecule has 0 radical (unpaired) electrons. The molecule has 5 heteroatoms. The molecule has 4 aromatic rings. The largest absolute Gasteiger partial charge is 4.00 e. The van der Waals surface area contributed by atoms with E-state index in [1.807, 2.05) is 0 Å². The van der Waals surface area contributed by atoms with Crippen LogP contribution in [0.1, 0.15) is 33.4 Å². The number of aryl methyl sites for hydroxylation is 1. The quantitative estimate of drug-likeness (QED) is 0.134. The van der Waals surface area contributed by atoms with Crippen molar-refractivity contribution in [2.24, 2.45) is 0 Å². The molecule has 0 aliphatic rings.